The first kappa shape index (κ1) is 17.3. The SMILES string of the molecule is CC(C)CN(Cc1ccccc1C(F)(F)F)C1CCCNC1. The minimum absolute atomic E-state index is 0.317. The fourth-order valence-electron chi connectivity index (χ4n) is 3.11. The number of hydrogen-bond donors (Lipinski definition) is 1. The summed E-state index contributed by atoms with van der Waals surface area (Å²) in [5.74, 6) is 0.431. The molecule has 124 valence electrons. The second kappa shape index (κ2) is 7.47. The standard InChI is InChI=1S/C17H25F3N2/c1-13(2)11-22(15-7-5-9-21-10-15)12-14-6-3-4-8-16(14)17(18,19)20/h3-4,6,8,13,15,21H,5,7,9-12H2,1-2H3. The van der Waals surface area contributed by atoms with Crippen LogP contribution in [0.15, 0.2) is 24.3 Å². The predicted octanol–water partition coefficient (Wildman–Crippen LogP) is 3.92. The Hall–Kier alpha value is -1.07. The number of benzene rings is 1. The van der Waals surface area contributed by atoms with Gasteiger partial charge in [-0.15, -0.1) is 0 Å². The molecule has 1 fully saturated rings. The third-order valence-corrected chi connectivity index (χ3v) is 4.08. The van der Waals surface area contributed by atoms with Crippen LogP contribution >= 0.6 is 0 Å². The third-order valence-electron chi connectivity index (χ3n) is 4.08. The van der Waals surface area contributed by atoms with Gasteiger partial charge in [-0.05, 0) is 36.9 Å². The van der Waals surface area contributed by atoms with Gasteiger partial charge in [0, 0.05) is 25.7 Å². The topological polar surface area (TPSA) is 15.3 Å². The van der Waals surface area contributed by atoms with Gasteiger partial charge in [-0.1, -0.05) is 32.0 Å². The van der Waals surface area contributed by atoms with E-state index in [1.807, 2.05) is 0 Å². The van der Waals surface area contributed by atoms with E-state index in [1.54, 1.807) is 12.1 Å². The Morgan fingerprint density at radius 1 is 1.27 bits per heavy atom. The van der Waals surface area contributed by atoms with Crippen LogP contribution in [0, 0.1) is 5.92 Å². The van der Waals surface area contributed by atoms with Crippen LogP contribution in [0.3, 0.4) is 0 Å². The summed E-state index contributed by atoms with van der Waals surface area (Å²) in [6.07, 6.45) is -2.15. The molecule has 0 saturated carbocycles. The molecule has 0 radical (unpaired) electrons. The van der Waals surface area contributed by atoms with Gasteiger partial charge in [-0.2, -0.15) is 13.2 Å². The molecule has 1 aromatic carbocycles. The molecule has 0 amide bonds. The van der Waals surface area contributed by atoms with Crippen LogP contribution in [0.5, 0.6) is 0 Å². The summed E-state index contributed by atoms with van der Waals surface area (Å²) < 4.78 is 39.5. The summed E-state index contributed by atoms with van der Waals surface area (Å²) in [6, 6.07) is 6.25. The lowest BCUT2D eigenvalue weighted by Gasteiger charge is -2.36. The molecular weight excluding hydrogens is 289 g/mol. The Balaban J connectivity index is 2.19. The molecule has 1 aliphatic heterocycles. The van der Waals surface area contributed by atoms with Crippen molar-refractivity contribution in [3.05, 3.63) is 35.4 Å². The minimum atomic E-state index is -4.29. The van der Waals surface area contributed by atoms with Gasteiger partial charge in [0.1, 0.15) is 0 Å². The number of alkyl halides is 3. The van der Waals surface area contributed by atoms with E-state index in [9.17, 15) is 13.2 Å². The first-order valence-corrected chi connectivity index (χ1v) is 7.98. The average Bonchev–Trinajstić information content (AvgIpc) is 2.46. The van der Waals surface area contributed by atoms with Gasteiger partial charge in [0.15, 0.2) is 0 Å². The fraction of sp³-hybridized carbons (Fsp3) is 0.647. The molecule has 1 saturated heterocycles. The Bertz CT molecular complexity index is 465. The van der Waals surface area contributed by atoms with E-state index in [-0.39, 0.29) is 0 Å². The van der Waals surface area contributed by atoms with Crippen LogP contribution in [0.2, 0.25) is 0 Å². The van der Waals surface area contributed by atoms with Crippen molar-refractivity contribution in [1.82, 2.24) is 10.2 Å². The highest BCUT2D eigenvalue weighted by molar-refractivity contribution is 5.29. The van der Waals surface area contributed by atoms with Gasteiger partial charge in [0.2, 0.25) is 0 Å². The Labute approximate surface area is 130 Å². The maximum atomic E-state index is 13.2. The molecule has 0 aromatic heterocycles. The van der Waals surface area contributed by atoms with Gasteiger partial charge in [-0.3, -0.25) is 4.90 Å². The van der Waals surface area contributed by atoms with Crippen molar-refractivity contribution in [2.75, 3.05) is 19.6 Å². The summed E-state index contributed by atoms with van der Waals surface area (Å²) in [7, 11) is 0. The van der Waals surface area contributed by atoms with E-state index >= 15 is 0 Å². The molecule has 22 heavy (non-hydrogen) atoms. The Morgan fingerprint density at radius 2 is 2.00 bits per heavy atom. The van der Waals surface area contributed by atoms with E-state index in [2.05, 4.69) is 24.1 Å². The fourth-order valence-corrected chi connectivity index (χ4v) is 3.11. The van der Waals surface area contributed by atoms with Crippen LogP contribution < -0.4 is 5.32 Å². The van der Waals surface area contributed by atoms with Crippen LogP contribution in [0.4, 0.5) is 13.2 Å². The first-order valence-electron chi connectivity index (χ1n) is 7.98. The van der Waals surface area contributed by atoms with Crippen molar-refractivity contribution in [2.24, 2.45) is 5.92 Å². The number of rotatable bonds is 5. The second-order valence-corrected chi connectivity index (χ2v) is 6.48. The zero-order valence-electron chi connectivity index (χ0n) is 13.3. The third kappa shape index (κ3) is 4.71. The van der Waals surface area contributed by atoms with Gasteiger partial charge < -0.3 is 5.32 Å². The molecule has 5 heteroatoms. The van der Waals surface area contributed by atoms with Gasteiger partial charge in [-0.25, -0.2) is 0 Å². The second-order valence-electron chi connectivity index (χ2n) is 6.48. The molecule has 2 nitrogen and oxygen atoms in total. The van der Waals surface area contributed by atoms with Crippen molar-refractivity contribution in [3.63, 3.8) is 0 Å². The molecule has 0 spiro atoms. The van der Waals surface area contributed by atoms with Gasteiger partial charge in [0.05, 0.1) is 5.56 Å². The lowest BCUT2D eigenvalue weighted by molar-refractivity contribution is -0.138. The number of nitrogens with zero attached hydrogens (tertiary/aromatic N) is 1. The Kier molecular flexibility index (Phi) is 5.87. The van der Waals surface area contributed by atoms with Crippen molar-refractivity contribution in [3.8, 4) is 0 Å². The highest BCUT2D eigenvalue weighted by Gasteiger charge is 2.34. The summed E-state index contributed by atoms with van der Waals surface area (Å²) in [5, 5.41) is 3.36. The first-order chi connectivity index (χ1) is 10.4. The lowest BCUT2D eigenvalue weighted by atomic mass is 10.0. The van der Waals surface area contributed by atoms with E-state index in [4.69, 9.17) is 0 Å². The number of nitrogens with one attached hydrogen (secondary N) is 1. The molecule has 1 aliphatic rings. The summed E-state index contributed by atoms with van der Waals surface area (Å²) in [6.45, 7) is 7.27. The maximum Gasteiger partial charge on any atom is 0.416 e. The van der Waals surface area contributed by atoms with Crippen molar-refractivity contribution < 1.29 is 13.2 Å². The van der Waals surface area contributed by atoms with Crippen LogP contribution in [0.25, 0.3) is 0 Å². The predicted molar refractivity (Wildman–Crippen MR) is 82.6 cm³/mol. The zero-order chi connectivity index (χ0) is 16.2. The van der Waals surface area contributed by atoms with Crippen LogP contribution in [0.1, 0.15) is 37.8 Å². The van der Waals surface area contributed by atoms with Crippen molar-refractivity contribution in [2.45, 2.75) is 45.5 Å². The monoisotopic (exact) mass is 314 g/mol. The zero-order valence-corrected chi connectivity index (χ0v) is 13.3. The molecule has 1 unspecified atom stereocenters. The average molecular weight is 314 g/mol. The molecule has 1 heterocycles. The number of hydrogen-bond acceptors (Lipinski definition) is 2. The highest BCUT2D eigenvalue weighted by atomic mass is 19.4. The smallest absolute Gasteiger partial charge is 0.315 e. The van der Waals surface area contributed by atoms with Crippen molar-refractivity contribution in [1.29, 1.82) is 0 Å². The summed E-state index contributed by atoms with van der Waals surface area (Å²) in [4.78, 5) is 2.21. The minimum Gasteiger partial charge on any atom is -0.315 e. The van der Waals surface area contributed by atoms with Crippen molar-refractivity contribution >= 4 is 0 Å². The van der Waals surface area contributed by atoms with Gasteiger partial charge in [0.25, 0.3) is 0 Å². The van der Waals surface area contributed by atoms with Crippen LogP contribution in [-0.2, 0) is 12.7 Å². The van der Waals surface area contributed by atoms with Crippen LogP contribution in [-0.4, -0.2) is 30.6 Å². The lowest BCUT2D eigenvalue weighted by Crippen LogP contribution is -2.47. The Morgan fingerprint density at radius 3 is 2.59 bits per heavy atom. The van der Waals surface area contributed by atoms with E-state index in [1.165, 1.54) is 12.1 Å². The summed E-state index contributed by atoms with van der Waals surface area (Å²) in [5.41, 5.74) is -0.131. The molecule has 1 aromatic rings. The maximum absolute atomic E-state index is 13.2. The molecule has 2 rings (SSSR count). The van der Waals surface area contributed by atoms with E-state index < -0.39 is 11.7 Å². The van der Waals surface area contributed by atoms with E-state index in [0.717, 1.165) is 32.5 Å². The summed E-state index contributed by atoms with van der Waals surface area (Å²) >= 11 is 0. The molecule has 1 atom stereocenters. The normalized spacial score (nSPS) is 19.9. The molecular formula is C17H25F3N2. The molecule has 1 N–H and O–H groups in total. The van der Waals surface area contributed by atoms with E-state index in [0.29, 0.717) is 24.1 Å². The quantitative estimate of drug-likeness (QED) is 0.886. The van der Waals surface area contributed by atoms with Gasteiger partial charge >= 0.3 is 6.18 Å². The largest absolute Gasteiger partial charge is 0.416 e. The highest BCUT2D eigenvalue weighted by Crippen LogP contribution is 2.33. The molecule has 0 bridgehead atoms. The number of halogens is 3. The number of piperidine rings is 1. The molecule has 0 aliphatic carbocycles.